The molecule has 6 heteroatoms. The molecule has 0 saturated carbocycles. The number of hydrogen-bond acceptors (Lipinski definition) is 5. The lowest BCUT2D eigenvalue weighted by molar-refractivity contribution is -0.250. The largest absolute Gasteiger partial charge is 0.466 e. The van der Waals surface area contributed by atoms with E-state index in [1.54, 1.807) is 0 Å². The summed E-state index contributed by atoms with van der Waals surface area (Å²) < 4.78 is 24.9. The predicted octanol–water partition coefficient (Wildman–Crippen LogP) is 6.33. The first-order valence-corrected chi connectivity index (χ1v) is 16.0. The van der Waals surface area contributed by atoms with Crippen LogP contribution < -0.4 is 10.4 Å². The van der Waals surface area contributed by atoms with Crippen LogP contribution in [-0.4, -0.2) is 39.7 Å². The van der Waals surface area contributed by atoms with Crippen molar-refractivity contribution >= 4 is 24.7 Å². The zero-order valence-corrected chi connectivity index (χ0v) is 25.3. The summed E-state index contributed by atoms with van der Waals surface area (Å²) in [6.45, 7) is 9.06. The standard InChI is InChI=1S/C34H42O5Si/c1-26(39-40(34(2,3)4,30-19-11-7-12-20-30)31-21-13-8-14-22-31)24-29-25-28(18-15-23-32(35)36-5)37-33(38-29)27-16-9-6-10-17-27/h6-17,19-23,26,28-29,33H,18,24-25H2,1-5H3/b23-15-/t26-,28+,29-,33?/m0/s1. The predicted molar refractivity (Wildman–Crippen MR) is 162 cm³/mol. The summed E-state index contributed by atoms with van der Waals surface area (Å²) in [5, 5.41) is 2.43. The minimum Gasteiger partial charge on any atom is -0.466 e. The summed E-state index contributed by atoms with van der Waals surface area (Å²) in [5.74, 6) is -0.365. The van der Waals surface area contributed by atoms with Crippen LogP contribution in [0.4, 0.5) is 0 Å². The van der Waals surface area contributed by atoms with E-state index in [9.17, 15) is 4.79 Å². The average Bonchev–Trinajstić information content (AvgIpc) is 2.96. The molecule has 40 heavy (non-hydrogen) atoms. The first-order valence-electron chi connectivity index (χ1n) is 14.1. The number of carbonyl (C=O) groups excluding carboxylic acids is 1. The van der Waals surface area contributed by atoms with Gasteiger partial charge in [0.25, 0.3) is 8.32 Å². The number of esters is 1. The number of rotatable bonds is 10. The van der Waals surface area contributed by atoms with E-state index < -0.39 is 14.6 Å². The fourth-order valence-corrected chi connectivity index (χ4v) is 10.4. The monoisotopic (exact) mass is 558 g/mol. The van der Waals surface area contributed by atoms with Gasteiger partial charge in [0.1, 0.15) is 0 Å². The molecule has 0 N–H and O–H groups in total. The van der Waals surface area contributed by atoms with Crippen molar-refractivity contribution in [3.8, 4) is 0 Å². The van der Waals surface area contributed by atoms with Crippen LogP contribution in [0.2, 0.25) is 5.04 Å². The van der Waals surface area contributed by atoms with Crippen molar-refractivity contribution in [1.82, 2.24) is 0 Å². The van der Waals surface area contributed by atoms with E-state index in [2.05, 4.69) is 88.4 Å². The summed E-state index contributed by atoms with van der Waals surface area (Å²) in [4.78, 5) is 11.6. The molecule has 5 nitrogen and oxygen atoms in total. The third-order valence-electron chi connectivity index (χ3n) is 7.47. The Hall–Kier alpha value is -3.03. The molecule has 0 radical (unpaired) electrons. The molecule has 4 atom stereocenters. The molecule has 1 heterocycles. The zero-order valence-electron chi connectivity index (χ0n) is 24.3. The molecule has 1 aliphatic heterocycles. The zero-order chi connectivity index (χ0) is 28.6. The van der Waals surface area contributed by atoms with Gasteiger partial charge in [-0.1, -0.05) is 118 Å². The van der Waals surface area contributed by atoms with Gasteiger partial charge in [-0.3, -0.25) is 0 Å². The Kier molecular flexibility index (Phi) is 10.1. The smallest absolute Gasteiger partial charge is 0.330 e. The Balaban J connectivity index is 1.59. The third kappa shape index (κ3) is 7.18. The molecular formula is C34H42O5Si. The van der Waals surface area contributed by atoms with Gasteiger partial charge in [0.15, 0.2) is 6.29 Å². The maximum absolute atomic E-state index is 11.6. The maximum Gasteiger partial charge on any atom is 0.330 e. The molecule has 1 unspecified atom stereocenters. The lowest BCUT2D eigenvalue weighted by Crippen LogP contribution is -2.67. The van der Waals surface area contributed by atoms with Crippen LogP contribution >= 0.6 is 0 Å². The van der Waals surface area contributed by atoms with Crippen LogP contribution in [0, 0.1) is 0 Å². The van der Waals surface area contributed by atoms with E-state index >= 15 is 0 Å². The molecule has 212 valence electrons. The van der Waals surface area contributed by atoms with E-state index in [-0.39, 0.29) is 29.3 Å². The number of carbonyl (C=O) groups is 1. The minimum atomic E-state index is -2.68. The van der Waals surface area contributed by atoms with Crippen molar-refractivity contribution in [3.05, 3.63) is 109 Å². The Morgan fingerprint density at radius 2 is 1.43 bits per heavy atom. The van der Waals surface area contributed by atoms with Crippen LogP contribution in [0.3, 0.4) is 0 Å². The van der Waals surface area contributed by atoms with Crippen LogP contribution in [-0.2, 0) is 23.4 Å². The van der Waals surface area contributed by atoms with Gasteiger partial charge < -0.3 is 18.6 Å². The number of benzene rings is 3. The van der Waals surface area contributed by atoms with Crippen molar-refractivity contribution in [3.63, 3.8) is 0 Å². The Labute approximate surface area is 240 Å². The van der Waals surface area contributed by atoms with Crippen molar-refractivity contribution < 1.29 is 23.4 Å². The van der Waals surface area contributed by atoms with Gasteiger partial charge in [-0.25, -0.2) is 4.79 Å². The van der Waals surface area contributed by atoms with Gasteiger partial charge in [0.05, 0.1) is 19.3 Å². The lowest BCUT2D eigenvalue weighted by atomic mass is 10.0. The molecule has 0 aromatic heterocycles. The van der Waals surface area contributed by atoms with Crippen LogP contribution in [0.1, 0.15) is 58.8 Å². The summed E-state index contributed by atoms with van der Waals surface area (Å²) in [6.07, 6.45) is 4.63. The second kappa shape index (κ2) is 13.6. The highest BCUT2D eigenvalue weighted by Crippen LogP contribution is 2.39. The van der Waals surface area contributed by atoms with Crippen LogP contribution in [0.5, 0.6) is 0 Å². The number of hydrogen-bond donors (Lipinski definition) is 0. The highest BCUT2D eigenvalue weighted by Gasteiger charge is 2.51. The summed E-state index contributed by atoms with van der Waals surface area (Å²) in [5.41, 5.74) is 0.981. The fourth-order valence-electron chi connectivity index (χ4n) is 5.65. The number of ether oxygens (including phenoxy) is 3. The molecule has 0 spiro atoms. The molecular weight excluding hydrogens is 516 g/mol. The topological polar surface area (TPSA) is 54.0 Å². The fraction of sp³-hybridized carbons (Fsp3) is 0.382. The molecule has 4 rings (SSSR count). The Bertz CT molecular complexity index is 1180. The molecule has 0 aliphatic carbocycles. The Morgan fingerprint density at radius 3 is 1.95 bits per heavy atom. The molecule has 0 bridgehead atoms. The quantitative estimate of drug-likeness (QED) is 0.165. The second-order valence-electron chi connectivity index (χ2n) is 11.5. The molecule has 3 aromatic carbocycles. The van der Waals surface area contributed by atoms with E-state index in [1.165, 1.54) is 23.6 Å². The highest BCUT2D eigenvalue weighted by molar-refractivity contribution is 6.99. The first kappa shape index (κ1) is 29.9. The van der Waals surface area contributed by atoms with Gasteiger partial charge in [0, 0.05) is 24.2 Å². The third-order valence-corrected chi connectivity index (χ3v) is 12.6. The maximum atomic E-state index is 11.6. The van der Waals surface area contributed by atoms with Crippen LogP contribution in [0.25, 0.3) is 0 Å². The Morgan fingerprint density at radius 1 is 0.900 bits per heavy atom. The lowest BCUT2D eigenvalue weighted by Gasteiger charge is -2.45. The van der Waals surface area contributed by atoms with Gasteiger partial charge in [-0.2, -0.15) is 0 Å². The molecule has 0 amide bonds. The minimum absolute atomic E-state index is 0.0583. The van der Waals surface area contributed by atoms with E-state index in [4.69, 9.17) is 18.6 Å². The molecule has 3 aromatic rings. The van der Waals surface area contributed by atoms with Gasteiger partial charge >= 0.3 is 5.97 Å². The molecule has 1 saturated heterocycles. The van der Waals surface area contributed by atoms with Gasteiger partial charge in [-0.15, -0.1) is 0 Å². The number of methoxy groups -OCH3 is 1. The highest BCUT2D eigenvalue weighted by atomic mass is 28.4. The normalized spacial score (nSPS) is 20.8. The van der Waals surface area contributed by atoms with E-state index in [1.807, 2.05) is 36.4 Å². The first-order chi connectivity index (χ1) is 19.2. The molecule has 1 aliphatic rings. The van der Waals surface area contributed by atoms with Gasteiger partial charge in [-0.05, 0) is 35.2 Å². The van der Waals surface area contributed by atoms with Crippen molar-refractivity contribution in [2.75, 3.05) is 7.11 Å². The second-order valence-corrected chi connectivity index (χ2v) is 15.7. The molecule has 1 fully saturated rings. The van der Waals surface area contributed by atoms with Gasteiger partial charge in [0.2, 0.25) is 0 Å². The summed E-state index contributed by atoms with van der Waals surface area (Å²) in [6, 6.07) is 31.5. The van der Waals surface area contributed by atoms with E-state index in [0.29, 0.717) is 12.8 Å². The van der Waals surface area contributed by atoms with Crippen LogP contribution in [0.15, 0.2) is 103 Å². The average molecular weight is 559 g/mol. The van der Waals surface area contributed by atoms with E-state index in [0.717, 1.165) is 12.0 Å². The summed E-state index contributed by atoms with van der Waals surface area (Å²) >= 11 is 0. The van der Waals surface area contributed by atoms with Crippen molar-refractivity contribution in [2.24, 2.45) is 0 Å². The summed E-state index contributed by atoms with van der Waals surface area (Å²) in [7, 11) is -1.30. The van der Waals surface area contributed by atoms with Crippen molar-refractivity contribution in [2.45, 2.75) is 76.6 Å². The van der Waals surface area contributed by atoms with Crippen molar-refractivity contribution in [1.29, 1.82) is 0 Å². The SMILES string of the molecule is COC(=O)/C=C\C[C@@H]1C[C@H](C[C@H](C)O[Si](c2ccccc2)(c2ccccc2)C(C)(C)C)OC(c2ccccc2)O1.